The van der Waals surface area contributed by atoms with Crippen LogP contribution in [0.3, 0.4) is 0 Å². The Hall–Kier alpha value is -0.110. The third-order valence-electron chi connectivity index (χ3n) is 1.52. The van der Waals surface area contributed by atoms with E-state index < -0.39 is 0 Å². The van der Waals surface area contributed by atoms with Crippen molar-refractivity contribution in [3.8, 4) is 0 Å². The molecule has 1 N–H and O–H groups in total. The first-order chi connectivity index (χ1) is 3.54. The fourth-order valence-corrected chi connectivity index (χ4v) is 1.46. The highest BCUT2D eigenvalue weighted by Crippen LogP contribution is 2.40. The van der Waals surface area contributed by atoms with Crippen molar-refractivity contribution in [1.29, 1.82) is 0 Å². The number of hydrogen-bond donors (Lipinski definition) is 2. The Labute approximate surface area is 54.8 Å². The van der Waals surface area contributed by atoms with Gasteiger partial charge in [0, 0.05) is 0 Å². The van der Waals surface area contributed by atoms with Crippen molar-refractivity contribution in [3.05, 3.63) is 11.3 Å². The highest BCUT2D eigenvalue weighted by atomic mass is 32.1. The Morgan fingerprint density at radius 3 is 2.25 bits per heavy atom. The van der Waals surface area contributed by atoms with Crippen molar-refractivity contribution in [1.82, 2.24) is 0 Å². The lowest BCUT2D eigenvalue weighted by atomic mass is 9.86. The average Bonchev–Trinajstić information content (AvgIpc) is 1.65. The van der Waals surface area contributed by atoms with Crippen LogP contribution >= 0.6 is 12.6 Å². The lowest BCUT2D eigenvalue weighted by molar-refractivity contribution is 0.314. The second-order valence-electron chi connectivity index (χ2n) is 2.58. The quantitative estimate of drug-likeness (QED) is 0.480. The van der Waals surface area contributed by atoms with Gasteiger partial charge in [-0.3, -0.25) is 0 Å². The summed E-state index contributed by atoms with van der Waals surface area (Å²) in [7, 11) is 0. The molecule has 0 bridgehead atoms. The maximum atomic E-state index is 9.05. The molecular weight excluding hydrogens is 120 g/mol. The highest BCUT2D eigenvalue weighted by Gasteiger charge is 2.35. The Morgan fingerprint density at radius 1 is 1.75 bits per heavy atom. The molecule has 0 amide bonds. The van der Waals surface area contributed by atoms with Crippen LogP contribution in [0.2, 0.25) is 0 Å². The zero-order chi connectivity index (χ0) is 6.36. The predicted octanol–water partition coefficient (Wildman–Crippen LogP) is 1.91. The van der Waals surface area contributed by atoms with Gasteiger partial charge >= 0.3 is 0 Å². The minimum atomic E-state index is -0.218. The average molecular weight is 130 g/mol. The molecular formula is C6H10OS. The van der Waals surface area contributed by atoms with Crippen LogP contribution in [0.4, 0.5) is 0 Å². The molecule has 1 nitrogen and oxygen atoms in total. The number of aliphatic hydroxyl groups is 1. The largest absolute Gasteiger partial charge is 0.511 e. The van der Waals surface area contributed by atoms with E-state index in [1.54, 1.807) is 0 Å². The van der Waals surface area contributed by atoms with Crippen LogP contribution < -0.4 is 0 Å². The Bertz CT molecular complexity index is 147. The van der Waals surface area contributed by atoms with Gasteiger partial charge in [-0.05, 0) is 25.8 Å². The Kier molecular flexibility index (Phi) is 1.08. The van der Waals surface area contributed by atoms with E-state index in [1.165, 1.54) is 0 Å². The summed E-state index contributed by atoms with van der Waals surface area (Å²) in [4.78, 5) is 0. The second-order valence-corrected chi connectivity index (χ2v) is 3.57. The van der Waals surface area contributed by atoms with Crippen LogP contribution in [-0.4, -0.2) is 9.85 Å². The molecule has 1 aliphatic carbocycles. The fraction of sp³-hybridized carbons (Fsp3) is 0.667. The van der Waals surface area contributed by atoms with E-state index in [-0.39, 0.29) is 4.75 Å². The lowest BCUT2D eigenvalue weighted by Crippen LogP contribution is -2.30. The summed E-state index contributed by atoms with van der Waals surface area (Å²) in [6, 6.07) is 0. The van der Waals surface area contributed by atoms with Crippen molar-refractivity contribution >= 4 is 12.6 Å². The van der Waals surface area contributed by atoms with Crippen molar-refractivity contribution in [3.63, 3.8) is 0 Å². The third-order valence-corrected chi connectivity index (χ3v) is 1.89. The number of rotatable bonds is 0. The SMILES string of the molecule is CC1=C(O)C(C)(S)C1. The number of allylic oxidation sites excluding steroid dienone is 1. The first-order valence-electron chi connectivity index (χ1n) is 2.65. The van der Waals surface area contributed by atoms with E-state index in [2.05, 4.69) is 12.6 Å². The number of hydrogen-bond acceptors (Lipinski definition) is 2. The highest BCUT2D eigenvalue weighted by molar-refractivity contribution is 7.82. The van der Waals surface area contributed by atoms with Gasteiger partial charge < -0.3 is 5.11 Å². The zero-order valence-electron chi connectivity index (χ0n) is 5.10. The van der Waals surface area contributed by atoms with Crippen LogP contribution in [0.5, 0.6) is 0 Å². The monoisotopic (exact) mass is 130 g/mol. The van der Waals surface area contributed by atoms with Gasteiger partial charge in [0.2, 0.25) is 0 Å². The standard InChI is InChI=1S/C6H10OS/c1-4-3-6(2,8)5(4)7/h7-8H,3H2,1-2H3. The number of aliphatic hydroxyl groups excluding tert-OH is 1. The third kappa shape index (κ3) is 0.635. The summed E-state index contributed by atoms with van der Waals surface area (Å²) < 4.78 is -0.218. The number of thiol groups is 1. The summed E-state index contributed by atoms with van der Waals surface area (Å²) in [5.74, 6) is 0.459. The zero-order valence-corrected chi connectivity index (χ0v) is 6.00. The minimum Gasteiger partial charge on any atom is -0.511 e. The molecule has 2 heteroatoms. The Morgan fingerprint density at radius 2 is 2.25 bits per heavy atom. The summed E-state index contributed by atoms with van der Waals surface area (Å²) in [6.07, 6.45) is 0.919. The molecule has 8 heavy (non-hydrogen) atoms. The predicted molar refractivity (Wildman–Crippen MR) is 37.3 cm³/mol. The molecule has 1 aliphatic rings. The molecule has 0 heterocycles. The Balaban J connectivity index is 2.80. The van der Waals surface area contributed by atoms with Crippen molar-refractivity contribution in [2.75, 3.05) is 0 Å². The minimum absolute atomic E-state index is 0.218. The molecule has 0 aliphatic heterocycles. The molecule has 0 fully saturated rings. The van der Waals surface area contributed by atoms with E-state index >= 15 is 0 Å². The van der Waals surface area contributed by atoms with Gasteiger partial charge in [-0.25, -0.2) is 0 Å². The summed E-state index contributed by atoms with van der Waals surface area (Å²) >= 11 is 4.19. The van der Waals surface area contributed by atoms with Crippen molar-refractivity contribution in [2.45, 2.75) is 25.0 Å². The normalized spacial score (nSPS) is 37.4. The fourth-order valence-electron chi connectivity index (χ4n) is 1.04. The molecule has 46 valence electrons. The van der Waals surface area contributed by atoms with E-state index in [4.69, 9.17) is 5.11 Å². The first-order valence-corrected chi connectivity index (χ1v) is 3.10. The molecule has 0 spiro atoms. The van der Waals surface area contributed by atoms with E-state index in [0.717, 1.165) is 12.0 Å². The van der Waals surface area contributed by atoms with Crippen LogP contribution in [-0.2, 0) is 0 Å². The summed E-state index contributed by atoms with van der Waals surface area (Å²) in [5.41, 5.74) is 1.07. The van der Waals surface area contributed by atoms with Crippen LogP contribution in [0.25, 0.3) is 0 Å². The smallest absolute Gasteiger partial charge is 0.107 e. The van der Waals surface area contributed by atoms with Gasteiger partial charge in [-0.1, -0.05) is 0 Å². The van der Waals surface area contributed by atoms with Crippen LogP contribution in [0.15, 0.2) is 11.3 Å². The van der Waals surface area contributed by atoms with Gasteiger partial charge in [0.15, 0.2) is 0 Å². The molecule has 0 saturated heterocycles. The molecule has 1 rings (SSSR count). The van der Waals surface area contributed by atoms with Crippen molar-refractivity contribution in [2.24, 2.45) is 0 Å². The maximum absolute atomic E-state index is 9.05. The van der Waals surface area contributed by atoms with Gasteiger partial charge in [0.05, 0.1) is 4.75 Å². The van der Waals surface area contributed by atoms with Gasteiger partial charge in [0.25, 0.3) is 0 Å². The topological polar surface area (TPSA) is 20.2 Å². The molecule has 0 radical (unpaired) electrons. The molecule has 0 saturated carbocycles. The lowest BCUT2D eigenvalue weighted by Gasteiger charge is -2.33. The molecule has 0 aromatic rings. The van der Waals surface area contributed by atoms with Crippen LogP contribution in [0.1, 0.15) is 20.3 Å². The molecule has 0 aromatic carbocycles. The van der Waals surface area contributed by atoms with Gasteiger partial charge in [-0.15, -0.1) is 0 Å². The summed E-state index contributed by atoms with van der Waals surface area (Å²) in [5, 5.41) is 9.05. The first kappa shape index (κ1) is 6.02. The van der Waals surface area contributed by atoms with Gasteiger partial charge in [-0.2, -0.15) is 12.6 Å². The molecule has 1 unspecified atom stereocenters. The van der Waals surface area contributed by atoms with Crippen LogP contribution in [0, 0.1) is 0 Å². The molecule has 1 atom stereocenters. The van der Waals surface area contributed by atoms with Gasteiger partial charge in [0.1, 0.15) is 5.76 Å². The van der Waals surface area contributed by atoms with Crippen molar-refractivity contribution < 1.29 is 5.11 Å². The maximum Gasteiger partial charge on any atom is 0.107 e. The summed E-state index contributed by atoms with van der Waals surface area (Å²) in [6.45, 7) is 3.84. The van der Waals surface area contributed by atoms with E-state index in [1.807, 2.05) is 13.8 Å². The van der Waals surface area contributed by atoms with E-state index in [9.17, 15) is 0 Å². The molecule has 0 aromatic heterocycles. The van der Waals surface area contributed by atoms with E-state index in [0.29, 0.717) is 5.76 Å². The second kappa shape index (κ2) is 1.44.